The molecule has 0 spiro atoms. The first-order valence-corrected chi connectivity index (χ1v) is 9.13. The summed E-state index contributed by atoms with van der Waals surface area (Å²) in [5, 5.41) is 15.7. The van der Waals surface area contributed by atoms with Gasteiger partial charge in [-0.15, -0.1) is 0 Å². The Morgan fingerprint density at radius 2 is 1.96 bits per heavy atom. The number of amides is 2. The van der Waals surface area contributed by atoms with E-state index in [0.29, 0.717) is 5.76 Å². The molecule has 0 saturated heterocycles. The van der Waals surface area contributed by atoms with E-state index in [1.54, 1.807) is 12.1 Å². The molecular formula is C15H15N3O7S. The lowest BCUT2D eigenvalue weighted by molar-refractivity contribution is -0.385. The quantitative estimate of drug-likeness (QED) is 0.528. The highest BCUT2D eigenvalue weighted by Crippen LogP contribution is 2.20. The van der Waals surface area contributed by atoms with Gasteiger partial charge in [0.05, 0.1) is 29.2 Å². The van der Waals surface area contributed by atoms with Crippen LogP contribution in [0.2, 0.25) is 0 Å². The molecule has 2 aromatic rings. The maximum atomic E-state index is 12.1. The van der Waals surface area contributed by atoms with Gasteiger partial charge >= 0.3 is 0 Å². The van der Waals surface area contributed by atoms with Crippen molar-refractivity contribution in [3.05, 3.63) is 58.0 Å². The van der Waals surface area contributed by atoms with Crippen LogP contribution in [0.4, 0.5) is 5.69 Å². The fourth-order valence-corrected chi connectivity index (χ4v) is 2.63. The maximum absolute atomic E-state index is 12.1. The van der Waals surface area contributed by atoms with Crippen molar-refractivity contribution < 1.29 is 27.3 Å². The second-order valence-electron chi connectivity index (χ2n) is 5.28. The van der Waals surface area contributed by atoms with Gasteiger partial charge in [-0.3, -0.25) is 19.7 Å². The van der Waals surface area contributed by atoms with Crippen molar-refractivity contribution >= 4 is 27.3 Å². The van der Waals surface area contributed by atoms with E-state index in [2.05, 4.69) is 10.6 Å². The zero-order chi connectivity index (χ0) is 19.3. The Balaban J connectivity index is 2.05. The molecule has 1 aromatic heterocycles. The zero-order valence-corrected chi connectivity index (χ0v) is 14.4. The number of carbonyl (C=O) groups is 2. The zero-order valence-electron chi connectivity index (χ0n) is 13.6. The number of nitro groups is 1. The summed E-state index contributed by atoms with van der Waals surface area (Å²) >= 11 is 0. The van der Waals surface area contributed by atoms with Gasteiger partial charge in [0, 0.05) is 24.0 Å². The molecule has 2 amide bonds. The molecule has 10 nitrogen and oxygen atoms in total. The third kappa shape index (κ3) is 5.14. The van der Waals surface area contributed by atoms with Gasteiger partial charge in [-0.2, -0.15) is 0 Å². The van der Waals surface area contributed by atoms with Gasteiger partial charge in [0.2, 0.25) is 5.91 Å². The number of hydrogen-bond donors (Lipinski definition) is 2. The minimum absolute atomic E-state index is 0.136. The molecule has 26 heavy (non-hydrogen) atoms. The van der Waals surface area contributed by atoms with E-state index in [0.717, 1.165) is 24.5 Å². The number of hydrogen-bond acceptors (Lipinski definition) is 7. The summed E-state index contributed by atoms with van der Waals surface area (Å²) in [6.45, 7) is -0.257. The average Bonchev–Trinajstić information content (AvgIpc) is 3.10. The fourth-order valence-electron chi connectivity index (χ4n) is 1.96. The molecule has 2 N–H and O–H groups in total. The highest BCUT2D eigenvalue weighted by Gasteiger charge is 2.19. The van der Waals surface area contributed by atoms with Crippen LogP contribution in [0.3, 0.4) is 0 Å². The van der Waals surface area contributed by atoms with E-state index in [9.17, 15) is 28.1 Å². The molecule has 0 fully saturated rings. The van der Waals surface area contributed by atoms with Crippen molar-refractivity contribution in [3.8, 4) is 0 Å². The number of nitrogens with zero attached hydrogens (tertiary/aromatic N) is 1. The highest BCUT2D eigenvalue weighted by atomic mass is 32.2. The molecular weight excluding hydrogens is 366 g/mol. The minimum atomic E-state index is -3.75. The Labute approximate surface area is 148 Å². The molecule has 1 heterocycles. The van der Waals surface area contributed by atoms with Crippen LogP contribution >= 0.6 is 0 Å². The normalized spacial score (nSPS) is 11.0. The first-order chi connectivity index (χ1) is 12.2. The number of non-ortho nitro benzene ring substituents is 1. The van der Waals surface area contributed by atoms with Gasteiger partial charge in [-0.25, -0.2) is 8.42 Å². The first-order valence-electron chi connectivity index (χ1n) is 7.23. The van der Waals surface area contributed by atoms with Crippen LogP contribution in [0.5, 0.6) is 0 Å². The molecule has 2 rings (SSSR count). The van der Waals surface area contributed by atoms with Crippen LogP contribution in [0.1, 0.15) is 16.1 Å². The summed E-state index contributed by atoms with van der Waals surface area (Å²) < 4.78 is 28.3. The molecule has 11 heteroatoms. The van der Waals surface area contributed by atoms with Gasteiger partial charge in [0.25, 0.3) is 11.6 Å². The molecule has 138 valence electrons. The molecule has 0 aliphatic carbocycles. The lowest BCUT2D eigenvalue weighted by Gasteiger charge is -2.07. The van der Waals surface area contributed by atoms with Crippen LogP contribution in [-0.4, -0.2) is 38.0 Å². The highest BCUT2D eigenvalue weighted by molar-refractivity contribution is 7.90. The number of nitro benzene ring substituents is 1. The first kappa shape index (κ1) is 19.1. The van der Waals surface area contributed by atoms with Crippen molar-refractivity contribution in [1.82, 2.24) is 10.6 Å². The van der Waals surface area contributed by atoms with Crippen molar-refractivity contribution in [2.75, 3.05) is 12.8 Å². The Hall–Kier alpha value is -3.21. The Morgan fingerprint density at radius 3 is 2.54 bits per heavy atom. The predicted octanol–water partition coefficient (Wildman–Crippen LogP) is 0.638. The summed E-state index contributed by atoms with van der Waals surface area (Å²) in [6, 6.07) is 6.13. The summed E-state index contributed by atoms with van der Waals surface area (Å²) in [5.74, 6) is -0.795. The van der Waals surface area contributed by atoms with Gasteiger partial charge in [-0.1, -0.05) is 0 Å². The topological polar surface area (TPSA) is 149 Å². The molecule has 0 unspecified atom stereocenters. The summed E-state index contributed by atoms with van der Waals surface area (Å²) in [4.78, 5) is 33.6. The Kier molecular flexibility index (Phi) is 5.72. The summed E-state index contributed by atoms with van der Waals surface area (Å²) in [7, 11) is -3.75. The average molecular weight is 381 g/mol. The van der Waals surface area contributed by atoms with Crippen molar-refractivity contribution in [2.45, 2.75) is 11.4 Å². The SMILES string of the molecule is CS(=O)(=O)c1cc(C(=O)NCC(=O)NCc2ccco2)cc([N+](=O)[O-])c1. The standard InChI is InChI=1S/C15H15N3O7S/c1-26(23,24)13-6-10(5-11(7-13)18(21)22)15(20)17-9-14(19)16-8-12-3-2-4-25-12/h2-7H,8-9H2,1H3,(H,16,19)(H,17,20). The molecule has 0 aliphatic heterocycles. The third-order valence-electron chi connectivity index (χ3n) is 3.24. The number of furan rings is 1. The smallest absolute Gasteiger partial charge is 0.271 e. The van der Waals surface area contributed by atoms with E-state index >= 15 is 0 Å². The second kappa shape index (κ2) is 7.78. The number of nitrogens with one attached hydrogen (secondary N) is 2. The lowest BCUT2D eigenvalue weighted by atomic mass is 10.2. The van der Waals surface area contributed by atoms with Crippen LogP contribution in [-0.2, 0) is 21.2 Å². The van der Waals surface area contributed by atoms with E-state index < -0.39 is 38.8 Å². The molecule has 1 aromatic carbocycles. The van der Waals surface area contributed by atoms with Crippen molar-refractivity contribution in [3.63, 3.8) is 0 Å². The largest absolute Gasteiger partial charge is 0.467 e. The second-order valence-corrected chi connectivity index (χ2v) is 7.30. The third-order valence-corrected chi connectivity index (χ3v) is 4.33. The van der Waals surface area contributed by atoms with Gasteiger partial charge in [0.1, 0.15) is 5.76 Å². The number of rotatable bonds is 7. The van der Waals surface area contributed by atoms with Crippen LogP contribution in [0.25, 0.3) is 0 Å². The molecule has 0 radical (unpaired) electrons. The Bertz CT molecular complexity index is 936. The maximum Gasteiger partial charge on any atom is 0.271 e. The van der Waals surface area contributed by atoms with Crippen LogP contribution < -0.4 is 10.6 Å². The van der Waals surface area contributed by atoms with E-state index in [1.807, 2.05) is 0 Å². The molecule has 0 saturated carbocycles. The molecule has 0 atom stereocenters. The van der Waals surface area contributed by atoms with Crippen LogP contribution in [0, 0.1) is 10.1 Å². The monoisotopic (exact) mass is 381 g/mol. The fraction of sp³-hybridized carbons (Fsp3) is 0.200. The van der Waals surface area contributed by atoms with E-state index in [4.69, 9.17) is 4.42 Å². The van der Waals surface area contributed by atoms with Gasteiger partial charge < -0.3 is 15.1 Å². The minimum Gasteiger partial charge on any atom is -0.467 e. The number of sulfone groups is 1. The summed E-state index contributed by atoms with van der Waals surface area (Å²) in [6.07, 6.45) is 2.32. The molecule has 0 aliphatic rings. The lowest BCUT2D eigenvalue weighted by Crippen LogP contribution is -2.36. The van der Waals surface area contributed by atoms with Gasteiger partial charge in [0.15, 0.2) is 9.84 Å². The van der Waals surface area contributed by atoms with E-state index in [1.165, 1.54) is 6.26 Å². The van der Waals surface area contributed by atoms with E-state index in [-0.39, 0.29) is 17.0 Å². The van der Waals surface area contributed by atoms with Crippen LogP contribution in [0.15, 0.2) is 45.9 Å². The van der Waals surface area contributed by atoms with Crippen molar-refractivity contribution in [1.29, 1.82) is 0 Å². The summed E-state index contributed by atoms with van der Waals surface area (Å²) in [5.41, 5.74) is -0.779. The Morgan fingerprint density at radius 1 is 1.23 bits per heavy atom. The number of benzene rings is 1. The molecule has 0 bridgehead atoms. The van der Waals surface area contributed by atoms with Crippen molar-refractivity contribution in [2.24, 2.45) is 0 Å². The number of carbonyl (C=O) groups excluding carboxylic acids is 2. The predicted molar refractivity (Wildman–Crippen MR) is 89.1 cm³/mol. The van der Waals surface area contributed by atoms with Gasteiger partial charge in [-0.05, 0) is 18.2 Å².